The van der Waals surface area contributed by atoms with Crippen LogP contribution < -0.4 is 18.9 Å². The minimum absolute atomic E-state index is 0.133. The monoisotopic (exact) mass is 411 g/mol. The van der Waals surface area contributed by atoms with Crippen molar-refractivity contribution in [3.05, 3.63) is 50.9 Å². The molecule has 8 heteroatoms. The zero-order valence-electron chi connectivity index (χ0n) is 14.7. The van der Waals surface area contributed by atoms with Gasteiger partial charge in [-0.3, -0.25) is 0 Å². The van der Waals surface area contributed by atoms with Crippen LogP contribution in [0.15, 0.2) is 24.5 Å². The highest BCUT2D eigenvalue weighted by molar-refractivity contribution is 6.35. The van der Waals surface area contributed by atoms with E-state index in [1.807, 2.05) is 0 Å². The fraction of sp³-hybridized carbons (Fsp3) is 0.421. The molecule has 1 aliphatic heterocycles. The largest absolute Gasteiger partial charge is 0.619 e. The van der Waals surface area contributed by atoms with Crippen molar-refractivity contribution in [1.82, 2.24) is 0 Å². The highest BCUT2D eigenvalue weighted by atomic mass is 35.5. The van der Waals surface area contributed by atoms with Gasteiger partial charge in [-0.15, -0.1) is 0 Å². The van der Waals surface area contributed by atoms with E-state index in [4.69, 9.17) is 37.4 Å². The molecule has 2 aliphatic rings. The lowest BCUT2D eigenvalue weighted by Crippen LogP contribution is -2.34. The molecule has 0 radical (unpaired) electrons. The molecular formula is C19H19Cl2NO5. The molecule has 6 nitrogen and oxygen atoms in total. The van der Waals surface area contributed by atoms with Crippen LogP contribution in [0.4, 0.5) is 0 Å². The van der Waals surface area contributed by atoms with Crippen molar-refractivity contribution in [3.8, 4) is 17.2 Å². The topological polar surface area (TPSA) is 74.9 Å². The van der Waals surface area contributed by atoms with Gasteiger partial charge in [0.1, 0.15) is 10.0 Å². The average molecular weight is 412 g/mol. The minimum Gasteiger partial charge on any atom is -0.619 e. The molecule has 2 aromatic rings. The second-order valence-electron chi connectivity index (χ2n) is 6.85. The number of hydrogen-bond donors (Lipinski definition) is 1. The fourth-order valence-corrected chi connectivity index (χ4v) is 4.32. The van der Waals surface area contributed by atoms with Gasteiger partial charge in [-0.1, -0.05) is 23.2 Å². The van der Waals surface area contributed by atoms with Crippen LogP contribution >= 0.6 is 23.2 Å². The van der Waals surface area contributed by atoms with Gasteiger partial charge in [0, 0.05) is 30.4 Å². The summed E-state index contributed by atoms with van der Waals surface area (Å²) in [7, 11) is 1.57. The summed E-state index contributed by atoms with van der Waals surface area (Å²) in [6.45, 7) is 0. The van der Waals surface area contributed by atoms with Gasteiger partial charge in [0.25, 0.3) is 5.79 Å². The van der Waals surface area contributed by atoms with Gasteiger partial charge in [-0.05, 0) is 25.0 Å². The second-order valence-corrected chi connectivity index (χ2v) is 7.66. The normalized spacial score (nSPS) is 18.1. The van der Waals surface area contributed by atoms with Crippen molar-refractivity contribution >= 4 is 23.2 Å². The first kappa shape index (κ1) is 18.5. The third kappa shape index (κ3) is 3.26. The lowest BCUT2D eigenvalue weighted by atomic mass is 10.0. The van der Waals surface area contributed by atoms with Crippen LogP contribution in [-0.4, -0.2) is 18.0 Å². The van der Waals surface area contributed by atoms with E-state index in [2.05, 4.69) is 0 Å². The van der Waals surface area contributed by atoms with Gasteiger partial charge < -0.3 is 24.5 Å². The van der Waals surface area contributed by atoms with E-state index in [1.54, 1.807) is 19.2 Å². The van der Waals surface area contributed by atoms with Crippen LogP contribution in [0.25, 0.3) is 0 Å². The van der Waals surface area contributed by atoms with Crippen LogP contribution in [0.5, 0.6) is 17.2 Å². The Morgan fingerprint density at radius 1 is 1.19 bits per heavy atom. The smallest absolute Gasteiger partial charge is 0.251 e. The molecule has 2 heterocycles. The van der Waals surface area contributed by atoms with E-state index in [0.29, 0.717) is 33.1 Å². The Morgan fingerprint density at radius 3 is 2.44 bits per heavy atom. The van der Waals surface area contributed by atoms with Gasteiger partial charge >= 0.3 is 0 Å². The molecule has 144 valence electrons. The SMILES string of the molecule is COc1ccc(C(O)Cc2c(Cl)c[n+]([O-])cc2Cl)c2c1OC1(CCCC1)O2. The van der Waals surface area contributed by atoms with Gasteiger partial charge in [0.2, 0.25) is 5.75 Å². The fourth-order valence-electron chi connectivity index (χ4n) is 3.72. The zero-order valence-corrected chi connectivity index (χ0v) is 16.2. The van der Waals surface area contributed by atoms with Crippen LogP contribution in [0.2, 0.25) is 10.0 Å². The highest BCUT2D eigenvalue weighted by Gasteiger charge is 2.46. The van der Waals surface area contributed by atoms with E-state index in [0.717, 1.165) is 25.7 Å². The van der Waals surface area contributed by atoms with Crippen LogP contribution in [0.3, 0.4) is 0 Å². The molecule has 0 saturated heterocycles. The Bertz CT molecular complexity index is 860. The Kier molecular flexibility index (Phi) is 4.74. The van der Waals surface area contributed by atoms with Crippen molar-refractivity contribution < 1.29 is 24.0 Å². The standard InChI is InChI=1S/C19H19Cl2NO5/c1-25-16-5-4-11(17-18(16)27-19(26-17)6-2-3-7-19)15(23)8-12-13(20)9-22(24)10-14(12)21/h4-5,9-10,15,23H,2-3,6-8H2,1H3. The number of benzene rings is 1. The van der Waals surface area contributed by atoms with E-state index < -0.39 is 11.9 Å². The molecule has 1 unspecified atom stereocenters. The van der Waals surface area contributed by atoms with E-state index in [1.165, 1.54) is 12.4 Å². The van der Waals surface area contributed by atoms with Crippen molar-refractivity contribution in [2.75, 3.05) is 7.11 Å². The number of fused-ring (bicyclic) bond motifs is 1. The summed E-state index contributed by atoms with van der Waals surface area (Å²) < 4.78 is 18.2. The Morgan fingerprint density at radius 2 is 1.81 bits per heavy atom. The molecule has 1 aromatic carbocycles. The molecule has 1 spiro atoms. The lowest BCUT2D eigenvalue weighted by molar-refractivity contribution is -0.605. The molecule has 1 N–H and O–H groups in total. The third-order valence-electron chi connectivity index (χ3n) is 5.08. The Hall–Kier alpha value is -1.89. The first-order valence-corrected chi connectivity index (χ1v) is 9.52. The maximum absolute atomic E-state index is 11.4. The zero-order chi connectivity index (χ0) is 19.2. The maximum Gasteiger partial charge on any atom is 0.251 e. The van der Waals surface area contributed by atoms with Crippen molar-refractivity contribution in [2.45, 2.75) is 44.0 Å². The predicted molar refractivity (Wildman–Crippen MR) is 99.5 cm³/mol. The number of rotatable bonds is 4. The number of hydrogen-bond acceptors (Lipinski definition) is 5. The second kappa shape index (κ2) is 6.93. The van der Waals surface area contributed by atoms with Crippen molar-refractivity contribution in [3.63, 3.8) is 0 Å². The number of methoxy groups -OCH3 is 1. The summed E-state index contributed by atoms with van der Waals surface area (Å²) in [4.78, 5) is 0. The van der Waals surface area contributed by atoms with Crippen LogP contribution in [0.1, 0.15) is 42.9 Å². The summed E-state index contributed by atoms with van der Waals surface area (Å²) in [5, 5.41) is 22.7. The summed E-state index contributed by atoms with van der Waals surface area (Å²) in [6.07, 6.45) is 5.25. The summed E-state index contributed by atoms with van der Waals surface area (Å²) in [6, 6.07) is 3.49. The summed E-state index contributed by atoms with van der Waals surface area (Å²) >= 11 is 12.3. The first-order chi connectivity index (χ1) is 12.9. The molecule has 1 aliphatic carbocycles. The number of halogens is 2. The van der Waals surface area contributed by atoms with Crippen LogP contribution in [-0.2, 0) is 6.42 Å². The molecule has 4 rings (SSSR count). The van der Waals surface area contributed by atoms with Gasteiger partial charge in [-0.2, -0.15) is 4.73 Å². The molecular weight excluding hydrogens is 393 g/mol. The van der Waals surface area contributed by atoms with Crippen molar-refractivity contribution in [2.24, 2.45) is 0 Å². The van der Waals surface area contributed by atoms with Gasteiger partial charge in [0.15, 0.2) is 23.9 Å². The lowest BCUT2D eigenvalue weighted by Gasteiger charge is -2.22. The van der Waals surface area contributed by atoms with E-state index in [-0.39, 0.29) is 16.5 Å². The number of pyridine rings is 1. The minimum atomic E-state index is -0.942. The molecule has 27 heavy (non-hydrogen) atoms. The van der Waals surface area contributed by atoms with Gasteiger partial charge in [-0.25, -0.2) is 0 Å². The molecule has 0 bridgehead atoms. The van der Waals surface area contributed by atoms with Gasteiger partial charge in [0.05, 0.1) is 13.2 Å². The van der Waals surface area contributed by atoms with Crippen molar-refractivity contribution in [1.29, 1.82) is 0 Å². The molecule has 1 aromatic heterocycles. The predicted octanol–water partition coefficient (Wildman–Crippen LogP) is 3.95. The van der Waals surface area contributed by atoms with Crippen LogP contribution in [0, 0.1) is 5.21 Å². The average Bonchev–Trinajstić information content (AvgIpc) is 3.23. The Labute approximate surface area is 166 Å². The maximum atomic E-state index is 11.4. The number of aliphatic hydroxyl groups is 1. The van der Waals surface area contributed by atoms with E-state index >= 15 is 0 Å². The third-order valence-corrected chi connectivity index (χ3v) is 5.73. The van der Waals surface area contributed by atoms with E-state index in [9.17, 15) is 10.3 Å². The first-order valence-electron chi connectivity index (χ1n) is 8.76. The molecule has 1 fully saturated rings. The summed E-state index contributed by atoms with van der Waals surface area (Å²) in [5.41, 5.74) is 1.07. The quantitative estimate of drug-likeness (QED) is 0.608. The molecule has 0 amide bonds. The number of aromatic nitrogens is 1. The molecule has 1 atom stereocenters. The summed E-state index contributed by atoms with van der Waals surface area (Å²) in [5.74, 6) is 0.888. The number of ether oxygens (including phenoxy) is 3. The molecule has 1 saturated carbocycles. The number of nitrogens with zero attached hydrogens (tertiary/aromatic N) is 1. The highest BCUT2D eigenvalue weighted by Crippen LogP contribution is 2.53. The number of aliphatic hydroxyl groups excluding tert-OH is 1. The Balaban J connectivity index is 1.68.